The molecule has 21 heteroatoms. The fraction of sp³-hybridized carbons (Fsp3) is 0.0696. The van der Waals surface area contributed by atoms with Crippen LogP contribution in [0.3, 0.4) is 0 Å². The fourth-order valence-corrected chi connectivity index (χ4v) is 14.4. The van der Waals surface area contributed by atoms with E-state index in [2.05, 4.69) is 242 Å². The van der Waals surface area contributed by atoms with Gasteiger partial charge in [-0.05, 0) is 176 Å². The first kappa shape index (κ1) is 111. The maximum atomic E-state index is 10.0. The fourth-order valence-electron chi connectivity index (χ4n) is 13.4. The van der Waals surface area contributed by atoms with Crippen molar-refractivity contribution in [1.82, 2.24) is 34.9 Å². The van der Waals surface area contributed by atoms with Gasteiger partial charge in [0.1, 0.15) is 0 Å². The maximum absolute atomic E-state index is 10.0. The largest absolute Gasteiger partial charge is 0.512 e. The number of hydrogen-bond donors (Lipinski definition) is 4. The average Bonchev–Trinajstić information content (AvgIpc) is 1.30. The predicted octanol–water partition coefficient (Wildman–Crippen LogP) is 28.1. The number of aliphatic hydroxyl groups excluding tert-OH is 4. The minimum Gasteiger partial charge on any atom is -0.512 e. The van der Waals surface area contributed by atoms with Crippen LogP contribution in [0.5, 0.6) is 0 Å². The van der Waals surface area contributed by atoms with E-state index < -0.39 is 0 Å². The van der Waals surface area contributed by atoms with Crippen molar-refractivity contribution in [2.24, 2.45) is 0 Å². The Bertz CT molecular complexity index is 6890. The molecule has 15 nitrogen and oxygen atoms in total. The third-order valence-corrected chi connectivity index (χ3v) is 20.0. The number of hydrogen-bond acceptors (Lipinski definition) is 16. The molecule has 0 spiro atoms. The number of ketones is 4. The molecule has 0 aliphatic heterocycles. The van der Waals surface area contributed by atoms with Crippen LogP contribution in [0.15, 0.2) is 418 Å². The summed E-state index contributed by atoms with van der Waals surface area (Å²) >= 11 is 1.72. The number of para-hydroxylation sites is 1. The summed E-state index contributed by atoms with van der Waals surface area (Å²) in [6, 6.07) is 130. The second kappa shape index (κ2) is 58.7. The third-order valence-electron chi connectivity index (χ3n) is 18.9. The SMILES string of the molecule is CC(=O)C=C(C)O.CC(=O)C=C(C)O.CC(=O)C=C(C)O.CC(=O)C=C(C)O.[Ir].[Ir].[Ir].[Ir].[Ir].[c-]1cc2ccccc2cc1-c1nccc2ccccc12.[c-]1ccc2ccccc2c1-c1cc2ccccc2cn1.[c-]1ccc2ccccc2c1-c1nc2ccccc2s1.[c-]1ccccc1-c1ccccn1.[c-]1ccccc1-c1nccc2ccccc12.[c-]1cnccc1-c1nccc2ccccc12. The Balaban J connectivity index is 0.000000237. The summed E-state index contributed by atoms with van der Waals surface area (Å²) in [5, 5.41) is 51.2. The molecule has 13 aromatic carbocycles. The number of carbonyl (C=O) groups excluding carboxylic acids is 4. The van der Waals surface area contributed by atoms with Crippen molar-refractivity contribution in [3.8, 4) is 66.9 Å². The Morgan fingerprint density at radius 1 is 0.287 bits per heavy atom. The van der Waals surface area contributed by atoms with E-state index in [-0.39, 0.29) is 147 Å². The minimum absolute atomic E-state index is 0. The first-order valence-corrected chi connectivity index (χ1v) is 42.5. The average molecular weight is 2690 g/mol. The third kappa shape index (κ3) is 34.8. The van der Waals surface area contributed by atoms with Crippen LogP contribution in [-0.2, 0) is 120 Å². The summed E-state index contributed by atoms with van der Waals surface area (Å²) < 4.78 is 1.22. The van der Waals surface area contributed by atoms with Gasteiger partial charge in [-0.25, -0.2) is 0 Å². The Morgan fingerprint density at radius 2 is 0.669 bits per heavy atom. The first-order valence-electron chi connectivity index (χ1n) is 41.7. The van der Waals surface area contributed by atoms with Crippen molar-refractivity contribution in [2.75, 3.05) is 0 Å². The number of nitrogens with zero attached hydrogens (tertiary/aromatic N) is 7. The summed E-state index contributed by atoms with van der Waals surface area (Å²) in [5.74, 6) is -0.250. The van der Waals surface area contributed by atoms with Crippen molar-refractivity contribution >= 4 is 120 Å². The van der Waals surface area contributed by atoms with Gasteiger partial charge >= 0.3 is 0 Å². The van der Waals surface area contributed by atoms with Gasteiger partial charge in [0.2, 0.25) is 0 Å². The zero-order chi connectivity index (χ0) is 92.6. The molecule has 693 valence electrons. The topological polar surface area (TPSA) is 239 Å². The van der Waals surface area contributed by atoms with Crippen molar-refractivity contribution in [1.29, 1.82) is 0 Å². The van der Waals surface area contributed by atoms with E-state index in [4.69, 9.17) is 25.4 Å². The van der Waals surface area contributed by atoms with E-state index >= 15 is 0 Å². The van der Waals surface area contributed by atoms with Crippen LogP contribution in [-0.4, -0.2) is 78.4 Å². The van der Waals surface area contributed by atoms with Crippen molar-refractivity contribution < 1.29 is 140 Å². The van der Waals surface area contributed by atoms with Crippen molar-refractivity contribution in [3.63, 3.8) is 0 Å². The number of pyridine rings is 6. The molecule has 0 bridgehead atoms. The maximum Gasteiger partial charge on any atom is 0.155 e. The van der Waals surface area contributed by atoms with Gasteiger partial charge in [-0.3, -0.25) is 29.1 Å². The second-order valence-electron chi connectivity index (χ2n) is 29.4. The van der Waals surface area contributed by atoms with E-state index in [1.54, 1.807) is 29.9 Å². The molecule has 20 aromatic rings. The van der Waals surface area contributed by atoms with Crippen LogP contribution in [0.4, 0.5) is 0 Å². The number of fused-ring (bicyclic) bond motifs is 8. The molecule has 0 aliphatic rings. The number of aliphatic hydroxyl groups is 4. The van der Waals surface area contributed by atoms with E-state index in [9.17, 15) is 19.2 Å². The molecule has 4 N–H and O–H groups in total. The Morgan fingerprint density at radius 3 is 1.10 bits per heavy atom. The molecular formula is C115H93Ir5N7O8S-6. The minimum atomic E-state index is -0.125. The standard InChI is InChI=1S/2C19H12N.C17H10NS.C15H10N.C14H9N2.C11H8N.4C5H8O2.5Ir/c1-2-8-16-13-20-19(12-15(16)7-1)18-11-5-9-14-6-3-4-10-17(14)18;1-2-7-16-13-17(10-9-14(16)5-1)19-18-8-4-3-6-15(18)11-12-20-19;1-2-8-13-12(6-1)7-5-9-14(13)17-18-15-10-3-4-11-16(15)19-17;1-2-7-13(8-3-1)15-14-9-5-4-6-12(14)10-11-16-15;1-2-4-13-11(3-1)7-10-16-14(13)12-5-8-15-9-6-12;1-2-6-10(7-3-1)11-8-4-5-9-12-11;4*1-4(6)3-5(2)7;;;;;/h1-10,12-13H;1-9,11-13H;1-8,10-11H;1-7,9-11H;1-5,7-10H;1-6,8-9H;4*3,6H,1-2H3;;;;;/q6*-1;;;;;;;;;. The number of thiazole rings is 1. The summed E-state index contributed by atoms with van der Waals surface area (Å²) in [7, 11) is 0. The quantitative estimate of drug-likeness (QED) is 0.0566. The van der Waals surface area contributed by atoms with E-state index in [0.717, 1.165) is 83.1 Å². The van der Waals surface area contributed by atoms with Gasteiger partial charge in [-0.2, -0.15) is 23.0 Å². The van der Waals surface area contributed by atoms with Crippen LogP contribution in [0.2, 0.25) is 0 Å². The molecule has 5 radical (unpaired) electrons. The number of benzene rings is 13. The van der Waals surface area contributed by atoms with E-state index in [1.165, 1.54) is 149 Å². The normalized spacial score (nSPS) is 10.5. The van der Waals surface area contributed by atoms with Crippen molar-refractivity contribution in [2.45, 2.75) is 55.4 Å². The number of aromatic nitrogens is 7. The van der Waals surface area contributed by atoms with Gasteiger partial charge in [0, 0.05) is 166 Å². The Hall–Kier alpha value is -13.4. The van der Waals surface area contributed by atoms with Crippen LogP contribution < -0.4 is 0 Å². The Labute approximate surface area is 863 Å². The first-order chi connectivity index (χ1) is 63.6. The van der Waals surface area contributed by atoms with Gasteiger partial charge in [0.05, 0.1) is 28.6 Å². The molecule has 7 aromatic heterocycles. The predicted molar refractivity (Wildman–Crippen MR) is 535 cm³/mol. The molecule has 0 unspecified atom stereocenters. The number of allylic oxidation sites excluding steroid dienone is 8. The number of carbonyl (C=O) groups is 4. The molecular weight excluding hydrogens is 2600 g/mol. The summed E-state index contributed by atoms with van der Waals surface area (Å²) in [6.07, 6.45) is 17.3. The van der Waals surface area contributed by atoms with Gasteiger partial charge in [0.25, 0.3) is 0 Å². The van der Waals surface area contributed by atoms with Gasteiger partial charge in [-0.15, -0.1) is 165 Å². The van der Waals surface area contributed by atoms with Gasteiger partial charge in [0.15, 0.2) is 23.1 Å². The molecule has 0 saturated heterocycles. The monoisotopic (exact) mass is 2700 g/mol. The summed E-state index contributed by atoms with van der Waals surface area (Å²) in [4.78, 5) is 71.0. The summed E-state index contributed by atoms with van der Waals surface area (Å²) in [5.41, 5.74) is 12.2. The van der Waals surface area contributed by atoms with Crippen LogP contribution in [0.25, 0.3) is 152 Å². The van der Waals surface area contributed by atoms with Gasteiger partial charge in [-0.1, -0.05) is 216 Å². The van der Waals surface area contributed by atoms with E-state index in [0.29, 0.717) is 0 Å². The zero-order valence-electron chi connectivity index (χ0n) is 75.2. The summed E-state index contributed by atoms with van der Waals surface area (Å²) in [6.45, 7) is 11.4. The van der Waals surface area contributed by atoms with E-state index in [1.807, 2.05) is 176 Å². The second-order valence-corrected chi connectivity index (χ2v) is 30.4. The molecule has 0 fully saturated rings. The van der Waals surface area contributed by atoms with Crippen LogP contribution in [0.1, 0.15) is 55.4 Å². The van der Waals surface area contributed by atoms with Gasteiger partial charge < -0.3 is 45.3 Å². The molecule has 7 heterocycles. The molecule has 0 amide bonds. The molecule has 20 rings (SSSR count). The molecule has 0 aliphatic carbocycles. The Kier molecular flexibility index (Phi) is 48.0. The van der Waals surface area contributed by atoms with Crippen LogP contribution in [0, 0.1) is 36.4 Å². The van der Waals surface area contributed by atoms with Crippen LogP contribution >= 0.6 is 11.3 Å². The number of rotatable bonds is 10. The zero-order valence-corrected chi connectivity index (χ0v) is 87.9. The smallest absolute Gasteiger partial charge is 0.155 e. The van der Waals surface area contributed by atoms with Crippen molar-refractivity contribution in [3.05, 3.63) is 455 Å². The molecule has 0 atom stereocenters. The molecule has 136 heavy (non-hydrogen) atoms. The molecule has 0 saturated carbocycles.